The number of alkyl halides is 2. The molecule has 1 saturated heterocycles. The van der Waals surface area contributed by atoms with Crippen molar-refractivity contribution >= 4 is 52.1 Å². The normalized spacial score (nSPS) is 28.0. The maximum absolute atomic E-state index is 6.75. The number of hydrogen-bond donors (Lipinski definition) is 0. The molecule has 1 aliphatic rings. The highest BCUT2D eigenvalue weighted by Crippen LogP contribution is 2.52. The van der Waals surface area contributed by atoms with Crippen molar-refractivity contribution in [2.24, 2.45) is 0 Å². The molecule has 17 heavy (non-hydrogen) atoms. The van der Waals surface area contributed by atoms with Gasteiger partial charge in [0.1, 0.15) is 0 Å². The van der Waals surface area contributed by atoms with Crippen LogP contribution in [0.3, 0.4) is 0 Å². The molecular weight excluding hydrogens is 314 g/mol. The van der Waals surface area contributed by atoms with E-state index in [-0.39, 0.29) is 0 Å². The van der Waals surface area contributed by atoms with Gasteiger partial charge in [-0.2, -0.15) is 0 Å². The van der Waals surface area contributed by atoms with E-state index in [0.717, 1.165) is 36.4 Å². The summed E-state index contributed by atoms with van der Waals surface area (Å²) in [7, 11) is 0. The third kappa shape index (κ3) is 2.64. The number of benzene rings is 1. The van der Waals surface area contributed by atoms with Gasteiger partial charge in [-0.05, 0) is 23.6 Å². The third-order valence-electron chi connectivity index (χ3n) is 3.41. The summed E-state index contributed by atoms with van der Waals surface area (Å²) >= 11 is 25.6. The Morgan fingerprint density at radius 3 is 2.29 bits per heavy atom. The van der Waals surface area contributed by atoms with Crippen LogP contribution >= 0.6 is 45.4 Å². The molecule has 0 N–H and O–H groups in total. The molecule has 0 spiro atoms. The molecule has 0 bridgehead atoms. The average molecular weight is 328 g/mol. The lowest BCUT2D eigenvalue weighted by molar-refractivity contribution is 0.608. The first-order valence-corrected chi connectivity index (χ1v) is 10.9. The Hall–Kier alpha value is 0.597. The topological polar surface area (TPSA) is 0 Å². The van der Waals surface area contributed by atoms with E-state index in [4.69, 9.17) is 45.4 Å². The molecule has 5 heteroatoms. The zero-order chi connectivity index (χ0) is 12.5. The van der Waals surface area contributed by atoms with Gasteiger partial charge in [-0.25, -0.2) is 0 Å². The van der Waals surface area contributed by atoms with Gasteiger partial charge >= 0.3 is 0 Å². The SMILES string of the molecule is ClCc1ccc(C2(Cl)CCCC[Si]2(Cl)Cl)cc1. The Bertz CT molecular complexity index is 390. The van der Waals surface area contributed by atoms with E-state index in [1.165, 1.54) is 0 Å². The molecule has 1 atom stereocenters. The molecule has 1 unspecified atom stereocenters. The lowest BCUT2D eigenvalue weighted by atomic mass is 10.0. The van der Waals surface area contributed by atoms with Crippen LogP contribution in [-0.4, -0.2) is 6.69 Å². The number of hydrogen-bond acceptors (Lipinski definition) is 0. The van der Waals surface area contributed by atoms with Crippen molar-refractivity contribution in [3.63, 3.8) is 0 Å². The summed E-state index contributed by atoms with van der Waals surface area (Å²) in [6.07, 6.45) is 3.05. The van der Waals surface area contributed by atoms with Crippen molar-refractivity contribution in [3.05, 3.63) is 35.4 Å². The summed E-state index contributed by atoms with van der Waals surface area (Å²) in [5.74, 6) is 0.514. The fourth-order valence-electron chi connectivity index (χ4n) is 2.31. The summed E-state index contributed by atoms with van der Waals surface area (Å²) in [5, 5.41) is 0. The first-order valence-electron chi connectivity index (χ1n) is 5.72. The van der Waals surface area contributed by atoms with Crippen molar-refractivity contribution in [1.29, 1.82) is 0 Å². The van der Waals surface area contributed by atoms with Gasteiger partial charge in [-0.3, -0.25) is 0 Å². The standard InChI is InChI=1S/C12H14Cl4Si/c13-9-10-3-5-11(6-4-10)12(14)7-1-2-8-17(12,15)16/h3-6H,1-2,7-9H2. The van der Waals surface area contributed by atoms with Crippen molar-refractivity contribution in [2.45, 2.75) is 35.7 Å². The van der Waals surface area contributed by atoms with E-state index < -0.39 is 11.2 Å². The number of halogens is 4. The van der Waals surface area contributed by atoms with E-state index in [2.05, 4.69) is 0 Å². The lowest BCUT2D eigenvalue weighted by Crippen LogP contribution is -2.46. The molecule has 2 rings (SSSR count). The molecule has 1 fully saturated rings. The summed E-state index contributed by atoms with van der Waals surface area (Å²) in [4.78, 5) is 0. The second kappa shape index (κ2) is 5.30. The van der Waals surface area contributed by atoms with Crippen LogP contribution in [-0.2, 0) is 10.4 Å². The number of rotatable bonds is 2. The van der Waals surface area contributed by atoms with Crippen LogP contribution in [0.25, 0.3) is 0 Å². The Kier molecular flexibility index (Phi) is 4.37. The Labute approximate surface area is 123 Å². The van der Waals surface area contributed by atoms with Gasteiger partial charge < -0.3 is 0 Å². The zero-order valence-corrected chi connectivity index (χ0v) is 13.4. The molecule has 94 valence electrons. The van der Waals surface area contributed by atoms with Gasteiger partial charge in [-0.1, -0.05) is 37.1 Å². The highest BCUT2D eigenvalue weighted by molar-refractivity contribution is 7.47. The predicted molar refractivity (Wildman–Crippen MR) is 79.6 cm³/mol. The Morgan fingerprint density at radius 1 is 1.12 bits per heavy atom. The maximum Gasteiger partial charge on any atom is 0.275 e. The van der Waals surface area contributed by atoms with E-state index in [1.807, 2.05) is 24.3 Å². The Morgan fingerprint density at radius 2 is 1.76 bits per heavy atom. The minimum absolute atomic E-state index is 0.514. The van der Waals surface area contributed by atoms with Crippen LogP contribution in [0.4, 0.5) is 0 Å². The minimum Gasteiger partial charge on any atom is -0.144 e. The van der Waals surface area contributed by atoms with Crippen LogP contribution in [0.1, 0.15) is 30.4 Å². The van der Waals surface area contributed by atoms with Gasteiger partial charge in [-0.15, -0.1) is 45.4 Å². The van der Waals surface area contributed by atoms with Crippen molar-refractivity contribution < 1.29 is 0 Å². The van der Waals surface area contributed by atoms with Crippen molar-refractivity contribution in [1.82, 2.24) is 0 Å². The van der Waals surface area contributed by atoms with Gasteiger partial charge in [0.05, 0.1) is 4.50 Å². The largest absolute Gasteiger partial charge is 0.275 e. The van der Waals surface area contributed by atoms with E-state index in [0.29, 0.717) is 5.88 Å². The van der Waals surface area contributed by atoms with Gasteiger partial charge in [0.25, 0.3) is 6.69 Å². The van der Waals surface area contributed by atoms with Crippen LogP contribution in [0.5, 0.6) is 0 Å². The zero-order valence-electron chi connectivity index (χ0n) is 9.36. The summed E-state index contributed by atoms with van der Waals surface area (Å²) in [6.45, 7) is -2.44. The second-order valence-electron chi connectivity index (χ2n) is 4.54. The van der Waals surface area contributed by atoms with E-state index in [1.54, 1.807) is 0 Å². The van der Waals surface area contributed by atoms with Crippen LogP contribution in [0, 0.1) is 0 Å². The smallest absolute Gasteiger partial charge is 0.144 e. The van der Waals surface area contributed by atoms with Crippen LogP contribution in [0.2, 0.25) is 6.04 Å². The highest BCUT2D eigenvalue weighted by Gasteiger charge is 2.53. The minimum atomic E-state index is -2.44. The monoisotopic (exact) mass is 326 g/mol. The van der Waals surface area contributed by atoms with Gasteiger partial charge in [0.2, 0.25) is 0 Å². The fraction of sp³-hybridized carbons (Fsp3) is 0.500. The van der Waals surface area contributed by atoms with Crippen LogP contribution in [0.15, 0.2) is 24.3 Å². The molecule has 1 aromatic rings. The molecule has 0 radical (unpaired) electrons. The fourth-order valence-corrected chi connectivity index (χ4v) is 7.28. The Balaban J connectivity index is 2.35. The maximum atomic E-state index is 6.75. The molecular formula is C12H14Cl4Si. The summed E-state index contributed by atoms with van der Waals surface area (Å²) in [5.41, 5.74) is 2.13. The molecule has 1 aliphatic heterocycles. The molecule has 1 heterocycles. The van der Waals surface area contributed by atoms with Crippen molar-refractivity contribution in [2.75, 3.05) is 0 Å². The quantitative estimate of drug-likeness (QED) is 0.382. The molecule has 0 aromatic heterocycles. The molecule has 0 aliphatic carbocycles. The first-order chi connectivity index (χ1) is 7.99. The molecule has 0 nitrogen and oxygen atoms in total. The van der Waals surface area contributed by atoms with Crippen molar-refractivity contribution in [3.8, 4) is 0 Å². The van der Waals surface area contributed by atoms with E-state index >= 15 is 0 Å². The molecule has 1 aromatic carbocycles. The second-order valence-corrected chi connectivity index (χ2v) is 13.0. The highest BCUT2D eigenvalue weighted by atomic mass is 35.7. The molecule has 0 amide bonds. The molecule has 0 saturated carbocycles. The lowest BCUT2D eigenvalue weighted by Gasteiger charge is -2.40. The van der Waals surface area contributed by atoms with Gasteiger partial charge in [0, 0.05) is 5.88 Å². The summed E-state index contributed by atoms with van der Waals surface area (Å²) in [6, 6.07) is 8.90. The summed E-state index contributed by atoms with van der Waals surface area (Å²) < 4.78 is -0.542. The predicted octanol–water partition coefficient (Wildman–Crippen LogP) is 5.50. The van der Waals surface area contributed by atoms with Gasteiger partial charge in [0.15, 0.2) is 0 Å². The van der Waals surface area contributed by atoms with Crippen LogP contribution < -0.4 is 0 Å². The van der Waals surface area contributed by atoms with E-state index in [9.17, 15) is 0 Å². The average Bonchev–Trinajstić information content (AvgIpc) is 2.33. The first kappa shape index (κ1) is 14.0. The third-order valence-corrected chi connectivity index (χ3v) is 11.4.